The second-order valence-corrected chi connectivity index (χ2v) is 7.54. The lowest BCUT2D eigenvalue weighted by Crippen LogP contribution is -2.51. The summed E-state index contributed by atoms with van der Waals surface area (Å²) in [4.78, 5) is 27.4. The van der Waals surface area contributed by atoms with Crippen molar-refractivity contribution >= 4 is 23.4 Å². The Hall–Kier alpha value is -1.55. The predicted molar refractivity (Wildman–Crippen MR) is 106 cm³/mol. The van der Waals surface area contributed by atoms with Gasteiger partial charge in [-0.05, 0) is 37.3 Å². The van der Waals surface area contributed by atoms with Gasteiger partial charge < -0.3 is 10.2 Å². The summed E-state index contributed by atoms with van der Waals surface area (Å²) >= 11 is 6.29. The molecule has 1 fully saturated rings. The molecule has 0 spiro atoms. The number of hydrogen-bond acceptors (Lipinski definition) is 2. The molecule has 0 radical (unpaired) electrons. The molecule has 1 aromatic rings. The van der Waals surface area contributed by atoms with Gasteiger partial charge in [0, 0.05) is 24.0 Å². The van der Waals surface area contributed by atoms with Crippen LogP contribution in [0.5, 0.6) is 0 Å². The highest BCUT2D eigenvalue weighted by Crippen LogP contribution is 2.22. The summed E-state index contributed by atoms with van der Waals surface area (Å²) < 4.78 is 0. The van der Waals surface area contributed by atoms with E-state index in [0.717, 1.165) is 24.8 Å². The molecule has 144 valence electrons. The Labute approximate surface area is 162 Å². The van der Waals surface area contributed by atoms with E-state index in [4.69, 9.17) is 11.6 Å². The summed E-state index contributed by atoms with van der Waals surface area (Å²) in [6, 6.07) is 7.31. The van der Waals surface area contributed by atoms with Crippen LogP contribution in [0.3, 0.4) is 0 Å². The van der Waals surface area contributed by atoms with Gasteiger partial charge in [-0.15, -0.1) is 0 Å². The average Bonchev–Trinajstić information content (AvgIpc) is 2.64. The minimum Gasteiger partial charge on any atom is -0.352 e. The molecule has 1 saturated carbocycles. The van der Waals surface area contributed by atoms with E-state index in [2.05, 4.69) is 5.32 Å². The highest BCUT2D eigenvalue weighted by Gasteiger charge is 2.30. The number of amides is 2. The smallest absolute Gasteiger partial charge is 0.243 e. The van der Waals surface area contributed by atoms with Crippen molar-refractivity contribution in [2.24, 2.45) is 0 Å². The Morgan fingerprint density at radius 3 is 2.50 bits per heavy atom. The Balaban J connectivity index is 2.15. The maximum atomic E-state index is 12.9. The van der Waals surface area contributed by atoms with Crippen LogP contribution in [0.25, 0.3) is 0 Å². The molecule has 0 saturated heterocycles. The van der Waals surface area contributed by atoms with Crippen LogP contribution >= 0.6 is 11.6 Å². The zero-order valence-corrected chi connectivity index (χ0v) is 16.7. The summed E-state index contributed by atoms with van der Waals surface area (Å²) in [6.07, 6.45) is 7.46. The number of nitrogens with zero attached hydrogens (tertiary/aromatic N) is 1. The Bertz CT molecular complexity index is 599. The van der Waals surface area contributed by atoms with E-state index in [-0.39, 0.29) is 17.9 Å². The molecule has 0 heterocycles. The van der Waals surface area contributed by atoms with E-state index in [1.807, 2.05) is 38.1 Å². The van der Waals surface area contributed by atoms with Crippen molar-refractivity contribution in [3.8, 4) is 0 Å². The lowest BCUT2D eigenvalue weighted by molar-refractivity contribution is -0.141. The van der Waals surface area contributed by atoms with Gasteiger partial charge in [-0.3, -0.25) is 9.59 Å². The number of halogens is 1. The number of carbonyl (C=O) groups is 2. The normalized spacial score (nSPS) is 16.1. The fourth-order valence-electron chi connectivity index (χ4n) is 3.63. The van der Waals surface area contributed by atoms with E-state index in [0.29, 0.717) is 24.4 Å². The highest BCUT2D eigenvalue weighted by molar-refractivity contribution is 6.31. The quantitative estimate of drug-likeness (QED) is 0.712. The first-order chi connectivity index (χ1) is 12.6. The van der Waals surface area contributed by atoms with Crippen LogP contribution in [0.2, 0.25) is 5.02 Å². The predicted octanol–water partition coefficient (Wildman–Crippen LogP) is 4.70. The summed E-state index contributed by atoms with van der Waals surface area (Å²) in [5, 5.41) is 3.81. The van der Waals surface area contributed by atoms with Gasteiger partial charge in [-0.25, -0.2) is 0 Å². The SMILES string of the molecule is CCCC(=O)N(Cc1ccccc1Cl)[C@@H](CC)C(=O)NC1CCCCC1. The van der Waals surface area contributed by atoms with Gasteiger partial charge in [0.25, 0.3) is 0 Å². The zero-order chi connectivity index (χ0) is 18.9. The molecule has 1 atom stereocenters. The van der Waals surface area contributed by atoms with Gasteiger partial charge in [0.2, 0.25) is 11.8 Å². The van der Waals surface area contributed by atoms with Gasteiger partial charge in [0.15, 0.2) is 0 Å². The Kier molecular flexibility index (Phi) is 8.43. The van der Waals surface area contributed by atoms with E-state index in [1.165, 1.54) is 19.3 Å². The van der Waals surface area contributed by atoms with E-state index in [9.17, 15) is 9.59 Å². The number of carbonyl (C=O) groups excluding carboxylic acids is 2. The number of hydrogen-bond donors (Lipinski definition) is 1. The third-order valence-electron chi connectivity index (χ3n) is 5.10. The molecule has 2 amide bonds. The third-order valence-corrected chi connectivity index (χ3v) is 5.47. The minimum atomic E-state index is -0.452. The first-order valence-corrected chi connectivity index (χ1v) is 10.3. The molecule has 1 N–H and O–H groups in total. The highest BCUT2D eigenvalue weighted by atomic mass is 35.5. The van der Waals surface area contributed by atoms with Crippen molar-refractivity contribution in [2.75, 3.05) is 0 Å². The lowest BCUT2D eigenvalue weighted by atomic mass is 9.95. The molecule has 26 heavy (non-hydrogen) atoms. The molecular formula is C21H31ClN2O2. The Morgan fingerprint density at radius 1 is 1.19 bits per heavy atom. The van der Waals surface area contributed by atoms with Crippen LogP contribution < -0.4 is 5.32 Å². The van der Waals surface area contributed by atoms with Gasteiger partial charge >= 0.3 is 0 Å². The van der Waals surface area contributed by atoms with Crippen LogP contribution in [-0.4, -0.2) is 28.8 Å². The van der Waals surface area contributed by atoms with Crippen molar-refractivity contribution in [2.45, 2.75) is 83.8 Å². The maximum Gasteiger partial charge on any atom is 0.243 e. The van der Waals surface area contributed by atoms with Crippen molar-refractivity contribution in [3.05, 3.63) is 34.9 Å². The second-order valence-electron chi connectivity index (χ2n) is 7.13. The minimum absolute atomic E-state index is 0.0121. The van der Waals surface area contributed by atoms with Crippen molar-refractivity contribution < 1.29 is 9.59 Å². The Morgan fingerprint density at radius 2 is 1.88 bits per heavy atom. The second kappa shape index (κ2) is 10.6. The topological polar surface area (TPSA) is 49.4 Å². The number of benzene rings is 1. The lowest BCUT2D eigenvalue weighted by Gasteiger charge is -2.33. The first kappa shape index (κ1) is 20.8. The molecule has 0 aromatic heterocycles. The third kappa shape index (κ3) is 5.73. The molecular weight excluding hydrogens is 348 g/mol. The van der Waals surface area contributed by atoms with Crippen molar-refractivity contribution in [1.29, 1.82) is 0 Å². The van der Waals surface area contributed by atoms with Gasteiger partial charge in [0.1, 0.15) is 6.04 Å². The molecule has 0 aliphatic heterocycles. The molecule has 5 heteroatoms. The summed E-state index contributed by atoms with van der Waals surface area (Å²) in [7, 11) is 0. The molecule has 0 bridgehead atoms. The fraction of sp³-hybridized carbons (Fsp3) is 0.619. The van der Waals surface area contributed by atoms with E-state index < -0.39 is 6.04 Å². The van der Waals surface area contributed by atoms with Crippen LogP contribution in [0, 0.1) is 0 Å². The van der Waals surface area contributed by atoms with Gasteiger partial charge in [-0.2, -0.15) is 0 Å². The summed E-state index contributed by atoms with van der Waals surface area (Å²) in [5.41, 5.74) is 0.877. The molecule has 4 nitrogen and oxygen atoms in total. The summed E-state index contributed by atoms with van der Waals surface area (Å²) in [5.74, 6) is -0.0195. The van der Waals surface area contributed by atoms with Gasteiger partial charge in [0.05, 0.1) is 0 Å². The zero-order valence-electron chi connectivity index (χ0n) is 16.0. The fourth-order valence-corrected chi connectivity index (χ4v) is 3.83. The average molecular weight is 379 g/mol. The van der Waals surface area contributed by atoms with Crippen molar-refractivity contribution in [1.82, 2.24) is 10.2 Å². The molecule has 1 aliphatic rings. The standard InChI is InChI=1S/C21H31ClN2O2/c1-3-10-20(25)24(15-16-11-8-9-14-18(16)22)19(4-2)21(26)23-17-12-6-5-7-13-17/h8-9,11,14,17,19H,3-7,10,12-13,15H2,1-2H3,(H,23,26)/t19-/m0/s1. The maximum absolute atomic E-state index is 12.9. The van der Waals surface area contributed by atoms with Crippen LogP contribution in [0.15, 0.2) is 24.3 Å². The molecule has 1 aromatic carbocycles. The molecule has 2 rings (SSSR count). The largest absolute Gasteiger partial charge is 0.352 e. The van der Waals surface area contributed by atoms with Crippen LogP contribution in [-0.2, 0) is 16.1 Å². The van der Waals surface area contributed by atoms with Crippen LogP contribution in [0.4, 0.5) is 0 Å². The monoisotopic (exact) mass is 378 g/mol. The number of nitrogens with one attached hydrogen (secondary N) is 1. The molecule has 0 unspecified atom stereocenters. The first-order valence-electron chi connectivity index (χ1n) is 9.90. The van der Waals surface area contributed by atoms with Gasteiger partial charge in [-0.1, -0.05) is 62.9 Å². The van der Waals surface area contributed by atoms with E-state index >= 15 is 0 Å². The van der Waals surface area contributed by atoms with Crippen molar-refractivity contribution in [3.63, 3.8) is 0 Å². The summed E-state index contributed by atoms with van der Waals surface area (Å²) in [6.45, 7) is 4.31. The molecule has 1 aliphatic carbocycles. The number of rotatable bonds is 8. The van der Waals surface area contributed by atoms with Crippen LogP contribution in [0.1, 0.15) is 70.8 Å². The van der Waals surface area contributed by atoms with E-state index in [1.54, 1.807) is 4.90 Å².